The minimum absolute atomic E-state index is 0.130. The van der Waals surface area contributed by atoms with E-state index in [1.807, 2.05) is 11.0 Å². The van der Waals surface area contributed by atoms with Gasteiger partial charge in [0, 0.05) is 54.0 Å². The summed E-state index contributed by atoms with van der Waals surface area (Å²) in [6.07, 6.45) is 4.90. The molecule has 138 valence electrons. The molecule has 4 heteroatoms. The summed E-state index contributed by atoms with van der Waals surface area (Å²) in [6, 6.07) is 10.5. The first-order valence-electron chi connectivity index (χ1n) is 10.8. The molecule has 1 aromatic carbocycles. The number of rotatable bonds is 7. The average Bonchev–Trinajstić information content (AvgIpc) is 3.50. The maximum Gasteiger partial charge on any atom is 0.157 e. The maximum absolute atomic E-state index is 8.84. The van der Waals surface area contributed by atoms with E-state index in [-0.39, 0.29) is 11.7 Å². The van der Waals surface area contributed by atoms with Crippen molar-refractivity contribution < 1.29 is 12.2 Å². The Morgan fingerprint density at radius 1 is 1.08 bits per heavy atom. The molecule has 1 aliphatic carbocycles. The lowest BCUT2D eigenvalue weighted by Crippen LogP contribution is -2.48. The Morgan fingerprint density at radius 2 is 1.84 bits per heavy atom. The molecule has 1 saturated carbocycles. The van der Waals surface area contributed by atoms with Gasteiger partial charge in [-0.3, -0.25) is 4.90 Å². The number of hydrogen-bond donors (Lipinski definition) is 0. The van der Waals surface area contributed by atoms with E-state index in [9.17, 15) is 0 Å². The Kier molecular flexibility index (Phi) is 4.95. The van der Waals surface area contributed by atoms with Crippen molar-refractivity contribution in [3.8, 4) is 0 Å². The molecule has 3 aliphatic rings. The second-order valence-corrected chi connectivity index (χ2v) is 7.75. The summed E-state index contributed by atoms with van der Waals surface area (Å²) in [4.78, 5) is 4.47. The SMILES string of the molecule is [2H]C([2H])(N1CCN(Cc2ccccc2)CC1)C1(COC2CCCCO2)CC1. The first-order chi connectivity index (χ1) is 13.1. The molecule has 0 radical (unpaired) electrons. The highest BCUT2D eigenvalue weighted by Crippen LogP contribution is 2.47. The van der Waals surface area contributed by atoms with Gasteiger partial charge in [-0.2, -0.15) is 0 Å². The zero-order valence-electron chi connectivity index (χ0n) is 17.2. The average molecular weight is 347 g/mol. The summed E-state index contributed by atoms with van der Waals surface area (Å²) in [5.74, 6) is 0. The van der Waals surface area contributed by atoms with Crippen LogP contribution in [0.5, 0.6) is 0 Å². The van der Waals surface area contributed by atoms with Crippen molar-refractivity contribution in [3.63, 3.8) is 0 Å². The van der Waals surface area contributed by atoms with E-state index in [1.54, 1.807) is 0 Å². The van der Waals surface area contributed by atoms with Crippen LogP contribution in [0.15, 0.2) is 30.3 Å². The predicted molar refractivity (Wildman–Crippen MR) is 99.4 cm³/mol. The summed E-state index contributed by atoms with van der Waals surface area (Å²) in [5, 5.41) is 0. The molecular weight excluding hydrogens is 312 g/mol. The normalized spacial score (nSPS) is 29.0. The number of benzene rings is 1. The van der Waals surface area contributed by atoms with Gasteiger partial charge in [0.1, 0.15) is 0 Å². The first kappa shape index (κ1) is 15.2. The van der Waals surface area contributed by atoms with Crippen molar-refractivity contribution in [2.45, 2.75) is 44.9 Å². The van der Waals surface area contributed by atoms with Crippen LogP contribution in [0.2, 0.25) is 0 Å². The molecule has 0 spiro atoms. The van der Waals surface area contributed by atoms with Crippen LogP contribution < -0.4 is 0 Å². The summed E-state index contributed by atoms with van der Waals surface area (Å²) in [5.41, 5.74) is 0.976. The lowest BCUT2D eigenvalue weighted by atomic mass is 10.1. The standard InChI is InChI=1S/C21H32N2O2/c1-2-6-19(7-3-1)16-22-11-13-23(14-12-22)17-21(9-10-21)18-25-20-8-4-5-15-24-20/h1-3,6-7,20H,4-5,8-18H2/i17D2. The second-order valence-electron chi connectivity index (χ2n) is 7.75. The molecule has 3 fully saturated rings. The lowest BCUT2D eigenvalue weighted by molar-refractivity contribution is -0.172. The van der Waals surface area contributed by atoms with Gasteiger partial charge in [0.05, 0.1) is 6.61 Å². The molecule has 25 heavy (non-hydrogen) atoms. The molecule has 2 heterocycles. The van der Waals surface area contributed by atoms with Crippen LogP contribution in [-0.2, 0) is 16.0 Å². The Labute approximate surface area is 154 Å². The van der Waals surface area contributed by atoms with E-state index < -0.39 is 6.50 Å². The van der Waals surface area contributed by atoms with Crippen molar-refractivity contribution in [3.05, 3.63) is 35.9 Å². The van der Waals surface area contributed by atoms with Crippen LogP contribution in [0.25, 0.3) is 0 Å². The molecule has 0 aromatic heterocycles. The Hall–Kier alpha value is -0.940. The molecule has 4 rings (SSSR count). The Morgan fingerprint density at radius 3 is 2.52 bits per heavy atom. The zero-order chi connectivity index (χ0) is 18.7. The quantitative estimate of drug-likeness (QED) is 0.757. The third-order valence-corrected chi connectivity index (χ3v) is 5.55. The predicted octanol–water partition coefficient (Wildman–Crippen LogP) is 3.13. The molecule has 0 bridgehead atoms. The monoisotopic (exact) mass is 346 g/mol. The summed E-state index contributed by atoms with van der Waals surface area (Å²) >= 11 is 0. The molecule has 2 saturated heterocycles. The van der Waals surface area contributed by atoms with Crippen LogP contribution in [0.3, 0.4) is 0 Å². The minimum atomic E-state index is -1.31. The van der Waals surface area contributed by atoms with Gasteiger partial charge in [0.25, 0.3) is 0 Å². The molecule has 1 aromatic rings. The minimum Gasteiger partial charge on any atom is -0.353 e. The summed E-state index contributed by atoms with van der Waals surface area (Å²) < 4.78 is 29.3. The second kappa shape index (κ2) is 8.17. The number of piperazine rings is 1. The van der Waals surface area contributed by atoms with Crippen LogP contribution in [0.1, 0.15) is 40.4 Å². The summed E-state index contributed by atoms with van der Waals surface area (Å²) in [7, 11) is 0. The van der Waals surface area contributed by atoms with E-state index in [0.717, 1.165) is 71.4 Å². The molecular formula is C21H32N2O2. The van der Waals surface area contributed by atoms with Crippen LogP contribution in [0.4, 0.5) is 0 Å². The van der Waals surface area contributed by atoms with E-state index in [0.29, 0.717) is 6.61 Å². The summed E-state index contributed by atoms with van der Waals surface area (Å²) in [6.45, 7) is 4.28. The van der Waals surface area contributed by atoms with Gasteiger partial charge >= 0.3 is 0 Å². The highest BCUT2D eigenvalue weighted by atomic mass is 16.7. The molecule has 1 unspecified atom stereocenters. The molecule has 0 N–H and O–H groups in total. The van der Waals surface area contributed by atoms with Crippen molar-refractivity contribution in [1.29, 1.82) is 0 Å². The number of hydrogen-bond acceptors (Lipinski definition) is 4. The van der Waals surface area contributed by atoms with Crippen LogP contribution in [0, 0.1) is 5.41 Å². The smallest absolute Gasteiger partial charge is 0.157 e. The van der Waals surface area contributed by atoms with Crippen molar-refractivity contribution in [2.24, 2.45) is 5.41 Å². The fourth-order valence-electron chi connectivity index (χ4n) is 3.73. The first-order valence-corrected chi connectivity index (χ1v) is 9.84. The van der Waals surface area contributed by atoms with E-state index >= 15 is 0 Å². The maximum atomic E-state index is 8.84. The number of nitrogens with zero attached hydrogens (tertiary/aromatic N) is 2. The van der Waals surface area contributed by atoms with E-state index in [1.165, 1.54) is 5.56 Å². The molecule has 0 amide bonds. The Bertz CT molecular complexity index is 595. The van der Waals surface area contributed by atoms with Gasteiger partial charge in [-0.15, -0.1) is 0 Å². The number of ether oxygens (including phenoxy) is 2. The van der Waals surface area contributed by atoms with Gasteiger partial charge in [0.2, 0.25) is 0 Å². The zero-order valence-corrected chi connectivity index (χ0v) is 15.2. The molecule has 4 nitrogen and oxygen atoms in total. The topological polar surface area (TPSA) is 24.9 Å². The van der Waals surface area contributed by atoms with Gasteiger partial charge in [-0.1, -0.05) is 30.3 Å². The van der Waals surface area contributed by atoms with E-state index in [4.69, 9.17) is 12.2 Å². The highest BCUT2D eigenvalue weighted by molar-refractivity contribution is 5.14. The third-order valence-electron chi connectivity index (χ3n) is 5.55. The van der Waals surface area contributed by atoms with Crippen LogP contribution in [-0.4, -0.2) is 62.0 Å². The van der Waals surface area contributed by atoms with Gasteiger partial charge in [-0.05, 0) is 37.7 Å². The van der Waals surface area contributed by atoms with Gasteiger partial charge in [0.15, 0.2) is 6.29 Å². The third kappa shape index (κ3) is 5.04. The lowest BCUT2D eigenvalue weighted by Gasteiger charge is -2.37. The van der Waals surface area contributed by atoms with E-state index in [2.05, 4.69) is 29.2 Å². The fraction of sp³-hybridized carbons (Fsp3) is 0.714. The highest BCUT2D eigenvalue weighted by Gasteiger charge is 2.45. The molecule has 1 atom stereocenters. The molecule has 2 aliphatic heterocycles. The van der Waals surface area contributed by atoms with Crippen LogP contribution >= 0.6 is 0 Å². The van der Waals surface area contributed by atoms with Gasteiger partial charge < -0.3 is 14.4 Å². The Balaban J connectivity index is 1.28. The largest absolute Gasteiger partial charge is 0.353 e. The van der Waals surface area contributed by atoms with Crippen molar-refractivity contribution in [1.82, 2.24) is 9.80 Å². The fourth-order valence-corrected chi connectivity index (χ4v) is 3.73. The van der Waals surface area contributed by atoms with Crippen molar-refractivity contribution >= 4 is 0 Å². The van der Waals surface area contributed by atoms with Gasteiger partial charge in [-0.25, -0.2) is 0 Å². The van der Waals surface area contributed by atoms with Crippen molar-refractivity contribution in [2.75, 3.05) is 45.9 Å².